The minimum absolute atomic E-state index is 0.0967. The fourth-order valence-corrected chi connectivity index (χ4v) is 3.68. The normalized spacial score (nSPS) is 12.9. The number of para-hydroxylation sites is 1. The van der Waals surface area contributed by atoms with Crippen LogP contribution >= 0.6 is 0 Å². The summed E-state index contributed by atoms with van der Waals surface area (Å²) in [7, 11) is 3.12. The summed E-state index contributed by atoms with van der Waals surface area (Å²) in [6, 6.07) is 16.0. The zero-order valence-electron chi connectivity index (χ0n) is 18.3. The largest absolute Gasteiger partial charge is 0.493 e. The van der Waals surface area contributed by atoms with E-state index in [2.05, 4.69) is 5.32 Å². The van der Waals surface area contributed by atoms with Crippen LogP contribution in [-0.4, -0.2) is 37.5 Å². The minimum atomic E-state index is -0.411. The number of nitrogens with zero attached hydrogens (tertiary/aromatic N) is 1. The van der Waals surface area contributed by atoms with Crippen LogP contribution in [0.15, 0.2) is 60.7 Å². The number of nitrogens with one attached hydrogen (secondary N) is 1. The summed E-state index contributed by atoms with van der Waals surface area (Å²) in [5.41, 5.74) is 2.43. The van der Waals surface area contributed by atoms with E-state index in [0.717, 1.165) is 11.1 Å². The fourth-order valence-electron chi connectivity index (χ4n) is 3.68. The van der Waals surface area contributed by atoms with Gasteiger partial charge in [-0.3, -0.25) is 9.59 Å². The Bertz CT molecular complexity index is 1180. The molecule has 4 rings (SSSR count). The number of amides is 2. The Labute approximate surface area is 190 Å². The van der Waals surface area contributed by atoms with Gasteiger partial charge in [-0.2, -0.15) is 0 Å². The zero-order chi connectivity index (χ0) is 23.4. The lowest BCUT2D eigenvalue weighted by atomic mass is 10.1. The second-order valence-electron chi connectivity index (χ2n) is 7.47. The smallest absolute Gasteiger partial charge is 0.261 e. The summed E-state index contributed by atoms with van der Waals surface area (Å²) in [6.07, 6.45) is 0. The van der Waals surface area contributed by atoms with Crippen LogP contribution in [0.4, 0.5) is 10.1 Å². The Morgan fingerprint density at radius 2 is 1.88 bits per heavy atom. The molecule has 0 saturated heterocycles. The van der Waals surface area contributed by atoms with Gasteiger partial charge in [0.05, 0.1) is 14.2 Å². The van der Waals surface area contributed by atoms with Gasteiger partial charge in [0, 0.05) is 35.5 Å². The predicted octanol–water partition coefficient (Wildman–Crippen LogP) is 4.02. The predicted molar refractivity (Wildman–Crippen MR) is 120 cm³/mol. The molecule has 33 heavy (non-hydrogen) atoms. The van der Waals surface area contributed by atoms with Crippen molar-refractivity contribution in [2.45, 2.75) is 13.1 Å². The number of methoxy groups -OCH3 is 2. The molecule has 0 unspecified atom stereocenters. The molecule has 3 aromatic carbocycles. The molecule has 1 N–H and O–H groups in total. The molecule has 1 aliphatic rings. The molecular formula is C25H23FN2O5. The first-order chi connectivity index (χ1) is 16.0. The quantitative estimate of drug-likeness (QED) is 0.614. The lowest BCUT2D eigenvalue weighted by Gasteiger charge is -2.22. The van der Waals surface area contributed by atoms with E-state index in [0.29, 0.717) is 35.0 Å². The van der Waals surface area contributed by atoms with E-state index in [-0.39, 0.29) is 25.0 Å². The SMILES string of the molecule is COc1cccc(CN2Cc3cc(NC(=O)c4ccc(F)cc4)ccc3OCC2=O)c1OC. The summed E-state index contributed by atoms with van der Waals surface area (Å²) in [5, 5.41) is 2.80. The van der Waals surface area contributed by atoms with Crippen molar-refractivity contribution in [3.05, 3.63) is 83.2 Å². The molecular weight excluding hydrogens is 427 g/mol. The standard InChI is InChI=1S/C25H23FN2O5/c1-31-22-5-3-4-17(24(22)32-2)13-28-14-18-12-20(10-11-21(18)33-15-23(28)29)27-25(30)16-6-8-19(26)9-7-16/h3-12H,13-15H2,1-2H3,(H,27,30). The highest BCUT2D eigenvalue weighted by molar-refractivity contribution is 6.04. The molecule has 2 amide bonds. The van der Waals surface area contributed by atoms with E-state index in [9.17, 15) is 14.0 Å². The number of hydrogen-bond acceptors (Lipinski definition) is 5. The molecule has 8 heteroatoms. The summed E-state index contributed by atoms with van der Waals surface area (Å²) >= 11 is 0. The third kappa shape index (κ3) is 4.90. The summed E-state index contributed by atoms with van der Waals surface area (Å²) in [6.45, 7) is 0.490. The molecule has 170 valence electrons. The van der Waals surface area contributed by atoms with Crippen molar-refractivity contribution in [2.75, 3.05) is 26.1 Å². The third-order valence-corrected chi connectivity index (χ3v) is 5.34. The highest BCUT2D eigenvalue weighted by Gasteiger charge is 2.24. The van der Waals surface area contributed by atoms with Gasteiger partial charge >= 0.3 is 0 Å². The van der Waals surface area contributed by atoms with Gasteiger partial charge in [0.1, 0.15) is 11.6 Å². The Morgan fingerprint density at radius 1 is 1.09 bits per heavy atom. The minimum Gasteiger partial charge on any atom is -0.493 e. The monoisotopic (exact) mass is 450 g/mol. The average Bonchev–Trinajstić information content (AvgIpc) is 2.97. The van der Waals surface area contributed by atoms with E-state index < -0.39 is 5.82 Å². The highest BCUT2D eigenvalue weighted by atomic mass is 19.1. The van der Waals surface area contributed by atoms with Gasteiger partial charge in [0.25, 0.3) is 11.8 Å². The van der Waals surface area contributed by atoms with E-state index >= 15 is 0 Å². The van der Waals surface area contributed by atoms with Crippen molar-refractivity contribution in [2.24, 2.45) is 0 Å². The number of halogens is 1. The van der Waals surface area contributed by atoms with Crippen LogP contribution in [0.3, 0.4) is 0 Å². The summed E-state index contributed by atoms with van der Waals surface area (Å²) in [5.74, 6) is 0.777. The van der Waals surface area contributed by atoms with Gasteiger partial charge in [-0.1, -0.05) is 12.1 Å². The van der Waals surface area contributed by atoms with Crippen molar-refractivity contribution in [3.63, 3.8) is 0 Å². The van der Waals surface area contributed by atoms with Crippen LogP contribution in [0.2, 0.25) is 0 Å². The van der Waals surface area contributed by atoms with Crippen LogP contribution in [0, 0.1) is 5.82 Å². The maximum atomic E-state index is 13.1. The van der Waals surface area contributed by atoms with Gasteiger partial charge in [-0.25, -0.2) is 4.39 Å². The van der Waals surface area contributed by atoms with Crippen LogP contribution in [0.25, 0.3) is 0 Å². The number of fused-ring (bicyclic) bond motifs is 1. The molecule has 0 bridgehead atoms. The Balaban J connectivity index is 1.55. The van der Waals surface area contributed by atoms with Gasteiger partial charge in [-0.15, -0.1) is 0 Å². The molecule has 0 saturated carbocycles. The lowest BCUT2D eigenvalue weighted by Crippen LogP contribution is -2.32. The van der Waals surface area contributed by atoms with E-state index in [1.54, 1.807) is 43.4 Å². The van der Waals surface area contributed by atoms with Crippen LogP contribution in [0.5, 0.6) is 17.2 Å². The molecule has 0 fully saturated rings. The number of carbonyl (C=O) groups is 2. The third-order valence-electron chi connectivity index (χ3n) is 5.34. The van der Waals surface area contributed by atoms with Gasteiger partial charge < -0.3 is 24.4 Å². The maximum absolute atomic E-state index is 13.1. The molecule has 1 aliphatic heterocycles. The highest BCUT2D eigenvalue weighted by Crippen LogP contribution is 2.33. The second kappa shape index (κ2) is 9.60. The van der Waals surface area contributed by atoms with Crippen LogP contribution in [-0.2, 0) is 17.9 Å². The zero-order valence-corrected chi connectivity index (χ0v) is 18.3. The van der Waals surface area contributed by atoms with Crippen LogP contribution < -0.4 is 19.5 Å². The average molecular weight is 450 g/mol. The molecule has 7 nitrogen and oxygen atoms in total. The molecule has 0 aromatic heterocycles. The number of rotatable bonds is 6. The second-order valence-corrected chi connectivity index (χ2v) is 7.47. The number of ether oxygens (including phenoxy) is 3. The number of hydrogen-bond donors (Lipinski definition) is 1. The fraction of sp³-hybridized carbons (Fsp3) is 0.200. The molecule has 1 heterocycles. The van der Waals surface area contributed by atoms with Crippen molar-refractivity contribution < 1.29 is 28.2 Å². The molecule has 0 atom stereocenters. The Hall–Kier alpha value is -4.07. The maximum Gasteiger partial charge on any atom is 0.261 e. The molecule has 0 radical (unpaired) electrons. The van der Waals surface area contributed by atoms with Gasteiger partial charge in [0.2, 0.25) is 0 Å². The number of anilines is 1. The van der Waals surface area contributed by atoms with Gasteiger partial charge in [0.15, 0.2) is 18.1 Å². The number of carbonyl (C=O) groups excluding carboxylic acids is 2. The number of benzene rings is 3. The van der Waals surface area contributed by atoms with Gasteiger partial charge in [-0.05, 0) is 48.5 Å². The van der Waals surface area contributed by atoms with Crippen molar-refractivity contribution in [3.8, 4) is 17.2 Å². The molecule has 0 spiro atoms. The Kier molecular flexibility index (Phi) is 6.44. The lowest BCUT2D eigenvalue weighted by molar-refractivity contribution is -0.133. The summed E-state index contributed by atoms with van der Waals surface area (Å²) < 4.78 is 29.7. The topological polar surface area (TPSA) is 77.1 Å². The van der Waals surface area contributed by atoms with E-state index in [1.165, 1.54) is 24.3 Å². The molecule has 0 aliphatic carbocycles. The first-order valence-corrected chi connectivity index (χ1v) is 10.3. The van der Waals surface area contributed by atoms with Crippen molar-refractivity contribution >= 4 is 17.5 Å². The van der Waals surface area contributed by atoms with E-state index in [1.807, 2.05) is 12.1 Å². The summed E-state index contributed by atoms with van der Waals surface area (Å²) in [4.78, 5) is 26.9. The first kappa shape index (κ1) is 22.1. The Morgan fingerprint density at radius 3 is 2.61 bits per heavy atom. The first-order valence-electron chi connectivity index (χ1n) is 10.3. The van der Waals surface area contributed by atoms with Crippen LogP contribution in [0.1, 0.15) is 21.5 Å². The van der Waals surface area contributed by atoms with Crippen molar-refractivity contribution in [1.29, 1.82) is 0 Å². The van der Waals surface area contributed by atoms with E-state index in [4.69, 9.17) is 14.2 Å². The molecule has 3 aromatic rings. The van der Waals surface area contributed by atoms with Crippen molar-refractivity contribution in [1.82, 2.24) is 4.90 Å².